The number of amides is 1. The van der Waals surface area contributed by atoms with Gasteiger partial charge in [0.1, 0.15) is 6.04 Å². The first-order valence-electron chi connectivity index (χ1n) is 5.04. The molecule has 0 fully saturated rings. The van der Waals surface area contributed by atoms with Gasteiger partial charge in [0, 0.05) is 11.8 Å². The second-order valence-corrected chi connectivity index (χ2v) is 4.21. The van der Waals surface area contributed by atoms with E-state index < -0.39 is 22.8 Å². The molecule has 0 spiro atoms. The zero-order valence-electron chi connectivity index (χ0n) is 9.18. The lowest BCUT2D eigenvalue weighted by Crippen LogP contribution is -2.22. The lowest BCUT2D eigenvalue weighted by Gasteiger charge is -2.13. The van der Waals surface area contributed by atoms with Crippen molar-refractivity contribution >= 4 is 29.4 Å². The number of benzene rings is 1. The lowest BCUT2D eigenvalue weighted by atomic mass is 10.1. The van der Waals surface area contributed by atoms with Gasteiger partial charge in [0.05, 0.1) is 16.3 Å². The minimum atomic E-state index is -4.54. The number of aliphatic imine (C=N–C) groups is 1. The quantitative estimate of drug-likeness (QED) is 0.777. The summed E-state index contributed by atoms with van der Waals surface area (Å²) in [6, 6.07) is 1.35. The first-order chi connectivity index (χ1) is 8.30. The van der Waals surface area contributed by atoms with Crippen LogP contribution < -0.4 is 5.32 Å². The lowest BCUT2D eigenvalue weighted by molar-refractivity contribution is -0.137. The first-order valence-corrected chi connectivity index (χ1v) is 5.42. The Morgan fingerprint density at radius 1 is 1.39 bits per heavy atom. The predicted molar refractivity (Wildman–Crippen MR) is 62.1 cm³/mol. The minimum absolute atomic E-state index is 0.0733. The van der Waals surface area contributed by atoms with E-state index >= 15 is 0 Å². The number of halogens is 4. The molecule has 0 radical (unpaired) electrons. The summed E-state index contributed by atoms with van der Waals surface area (Å²) in [5.41, 5.74) is -0.645. The zero-order chi connectivity index (χ0) is 13.5. The van der Waals surface area contributed by atoms with Crippen LogP contribution >= 0.6 is 11.6 Å². The molecule has 1 unspecified atom stereocenters. The minimum Gasteiger partial charge on any atom is -0.324 e. The second kappa shape index (κ2) is 4.28. The predicted octanol–water partition coefficient (Wildman–Crippen LogP) is 3.12. The third-order valence-corrected chi connectivity index (χ3v) is 2.96. The van der Waals surface area contributed by atoms with Gasteiger partial charge in [-0.15, -0.1) is 0 Å². The smallest absolute Gasteiger partial charge is 0.324 e. The van der Waals surface area contributed by atoms with E-state index in [9.17, 15) is 18.0 Å². The molecule has 0 bridgehead atoms. The van der Waals surface area contributed by atoms with Crippen molar-refractivity contribution in [1.29, 1.82) is 0 Å². The number of rotatable bonds is 0. The molecule has 7 heteroatoms. The normalized spacial score (nSPS) is 19.2. The summed E-state index contributed by atoms with van der Waals surface area (Å²) < 4.78 is 38.0. The third-order valence-electron chi connectivity index (χ3n) is 2.55. The Labute approximate surface area is 106 Å². The highest BCUT2D eigenvalue weighted by molar-refractivity contribution is 6.35. The largest absolute Gasteiger partial charge is 0.417 e. The van der Waals surface area contributed by atoms with E-state index in [-0.39, 0.29) is 17.2 Å². The number of hydrogen-bond donors (Lipinski definition) is 1. The fraction of sp³-hybridized carbons (Fsp3) is 0.273. The number of carbonyl (C=O) groups excluding carboxylic acids is 1. The summed E-state index contributed by atoms with van der Waals surface area (Å²) in [5, 5.41) is 2.02. The molecule has 3 nitrogen and oxygen atoms in total. The maximum Gasteiger partial charge on any atom is 0.417 e. The Morgan fingerprint density at radius 2 is 2.06 bits per heavy atom. The van der Waals surface area contributed by atoms with Crippen LogP contribution in [0.25, 0.3) is 0 Å². The fourth-order valence-corrected chi connectivity index (χ4v) is 1.86. The SMILES string of the molecule is CC1N=Cc2c(ccc(C(F)(F)F)c2Cl)NC1=O. The van der Waals surface area contributed by atoms with Crippen LogP contribution in [0.4, 0.5) is 18.9 Å². The number of anilines is 1. The van der Waals surface area contributed by atoms with Crippen molar-refractivity contribution < 1.29 is 18.0 Å². The Morgan fingerprint density at radius 3 is 2.67 bits per heavy atom. The van der Waals surface area contributed by atoms with Crippen molar-refractivity contribution in [2.45, 2.75) is 19.1 Å². The van der Waals surface area contributed by atoms with E-state index in [2.05, 4.69) is 10.3 Å². The van der Waals surface area contributed by atoms with E-state index in [1.54, 1.807) is 0 Å². The van der Waals surface area contributed by atoms with E-state index in [0.29, 0.717) is 0 Å². The van der Waals surface area contributed by atoms with Crippen molar-refractivity contribution in [2.24, 2.45) is 4.99 Å². The highest BCUT2D eigenvalue weighted by atomic mass is 35.5. The molecule has 2 rings (SSSR count). The summed E-state index contributed by atoms with van der Waals surface area (Å²) in [6.45, 7) is 1.54. The first kappa shape index (κ1) is 12.9. The molecule has 1 aromatic carbocycles. The highest BCUT2D eigenvalue weighted by Crippen LogP contribution is 2.38. The number of alkyl halides is 3. The van der Waals surface area contributed by atoms with E-state index in [0.717, 1.165) is 6.07 Å². The molecular formula is C11H8ClF3N2O. The molecule has 1 aromatic rings. The van der Waals surface area contributed by atoms with Crippen LogP contribution in [0.15, 0.2) is 17.1 Å². The van der Waals surface area contributed by atoms with Crippen LogP contribution in [0.1, 0.15) is 18.1 Å². The molecular weight excluding hydrogens is 269 g/mol. The van der Waals surface area contributed by atoms with Gasteiger partial charge in [-0.25, -0.2) is 0 Å². The average Bonchev–Trinajstić information content (AvgIpc) is 2.38. The number of carbonyl (C=O) groups is 1. The van der Waals surface area contributed by atoms with Crippen LogP contribution in [0.5, 0.6) is 0 Å². The number of nitrogens with zero attached hydrogens (tertiary/aromatic N) is 1. The van der Waals surface area contributed by atoms with Gasteiger partial charge in [0.2, 0.25) is 5.91 Å². The van der Waals surface area contributed by atoms with Gasteiger partial charge in [0.25, 0.3) is 0 Å². The molecule has 0 saturated carbocycles. The van der Waals surface area contributed by atoms with E-state index in [1.165, 1.54) is 19.2 Å². The van der Waals surface area contributed by atoms with Gasteiger partial charge in [0.15, 0.2) is 0 Å². The van der Waals surface area contributed by atoms with Gasteiger partial charge >= 0.3 is 6.18 Å². The third kappa shape index (κ3) is 2.20. The molecule has 0 aliphatic carbocycles. The number of benzodiazepines with no additional fused rings is 1. The molecule has 1 atom stereocenters. The molecule has 18 heavy (non-hydrogen) atoms. The summed E-state index contributed by atoms with van der Waals surface area (Å²) in [5.74, 6) is -0.388. The topological polar surface area (TPSA) is 41.5 Å². The van der Waals surface area contributed by atoms with Crippen LogP contribution in [0.3, 0.4) is 0 Å². The van der Waals surface area contributed by atoms with E-state index in [1.807, 2.05) is 0 Å². The summed E-state index contributed by atoms with van der Waals surface area (Å²) in [7, 11) is 0. The summed E-state index contributed by atoms with van der Waals surface area (Å²) in [6.07, 6.45) is -3.35. The molecule has 1 N–H and O–H groups in total. The van der Waals surface area contributed by atoms with Gasteiger partial charge in [-0.2, -0.15) is 13.2 Å². The molecule has 0 saturated heterocycles. The number of hydrogen-bond acceptors (Lipinski definition) is 2. The van der Waals surface area contributed by atoms with Crippen LogP contribution in [0, 0.1) is 0 Å². The standard InChI is InChI=1S/C11H8ClF3N2O/c1-5-10(18)17-8-3-2-7(11(13,14)15)9(12)6(8)4-16-5/h2-5H,1H3,(H,17,18). The Bertz CT molecular complexity index is 540. The van der Waals surface area contributed by atoms with E-state index in [4.69, 9.17) is 11.6 Å². The van der Waals surface area contributed by atoms with Gasteiger partial charge in [-0.3, -0.25) is 9.79 Å². The fourth-order valence-electron chi connectivity index (χ4n) is 1.54. The highest BCUT2D eigenvalue weighted by Gasteiger charge is 2.35. The van der Waals surface area contributed by atoms with Gasteiger partial charge in [-0.05, 0) is 19.1 Å². The summed E-state index contributed by atoms with van der Waals surface area (Å²) in [4.78, 5) is 15.3. The van der Waals surface area contributed by atoms with Crippen LogP contribution in [-0.4, -0.2) is 18.2 Å². The maximum absolute atomic E-state index is 12.7. The Hall–Kier alpha value is -1.56. The molecule has 0 aromatic heterocycles. The second-order valence-electron chi connectivity index (χ2n) is 3.83. The number of nitrogens with one attached hydrogen (secondary N) is 1. The molecule has 96 valence electrons. The average molecular weight is 277 g/mol. The van der Waals surface area contributed by atoms with Crippen molar-refractivity contribution in [3.05, 3.63) is 28.3 Å². The molecule has 1 aliphatic rings. The van der Waals surface area contributed by atoms with Gasteiger partial charge in [-0.1, -0.05) is 11.6 Å². The van der Waals surface area contributed by atoms with Crippen molar-refractivity contribution in [3.63, 3.8) is 0 Å². The molecule has 1 aliphatic heterocycles. The summed E-state index contributed by atoms with van der Waals surface area (Å²) >= 11 is 5.72. The number of fused-ring (bicyclic) bond motifs is 1. The van der Waals surface area contributed by atoms with Crippen molar-refractivity contribution in [3.8, 4) is 0 Å². The van der Waals surface area contributed by atoms with Crippen molar-refractivity contribution in [1.82, 2.24) is 0 Å². The molecule has 1 amide bonds. The Balaban J connectivity index is 2.59. The van der Waals surface area contributed by atoms with Gasteiger partial charge < -0.3 is 5.32 Å². The Kier molecular flexibility index (Phi) is 3.06. The van der Waals surface area contributed by atoms with Crippen LogP contribution in [-0.2, 0) is 11.0 Å². The maximum atomic E-state index is 12.7. The monoisotopic (exact) mass is 276 g/mol. The van der Waals surface area contributed by atoms with Crippen LogP contribution in [0.2, 0.25) is 5.02 Å². The zero-order valence-corrected chi connectivity index (χ0v) is 9.93. The molecule has 1 heterocycles. The van der Waals surface area contributed by atoms with Crippen molar-refractivity contribution in [2.75, 3.05) is 5.32 Å².